The van der Waals surface area contributed by atoms with Crippen LogP contribution >= 0.6 is 12.2 Å². The van der Waals surface area contributed by atoms with Gasteiger partial charge in [0.15, 0.2) is 5.05 Å². The van der Waals surface area contributed by atoms with Gasteiger partial charge in [0.1, 0.15) is 0 Å². The van der Waals surface area contributed by atoms with Gasteiger partial charge < -0.3 is 10.1 Å². The molecule has 1 aliphatic heterocycles. The van der Waals surface area contributed by atoms with Crippen molar-refractivity contribution in [3.63, 3.8) is 0 Å². The van der Waals surface area contributed by atoms with Gasteiger partial charge in [-0.05, 0) is 36.2 Å². The van der Waals surface area contributed by atoms with Gasteiger partial charge in [-0.15, -0.1) is 0 Å². The molecule has 0 saturated heterocycles. The molecule has 2 aliphatic rings. The largest absolute Gasteiger partial charge is 0.487 e. The Bertz CT molecular complexity index is 714. The van der Waals surface area contributed by atoms with Gasteiger partial charge in [0.05, 0.1) is 11.5 Å². The number of nitro benzene ring substituents is 1. The molecular weight excluding hydrogens is 324 g/mol. The first kappa shape index (κ1) is 16.9. The van der Waals surface area contributed by atoms with Crippen molar-refractivity contribution < 1.29 is 9.66 Å². The van der Waals surface area contributed by atoms with E-state index < -0.39 is 0 Å². The molecule has 128 valence electrons. The van der Waals surface area contributed by atoms with E-state index in [0.29, 0.717) is 17.6 Å². The molecule has 3 atom stereocenters. The molecule has 6 heteroatoms. The summed E-state index contributed by atoms with van der Waals surface area (Å²) < 4.78 is 5.63. The molecule has 1 aromatic carbocycles. The van der Waals surface area contributed by atoms with Gasteiger partial charge >= 0.3 is 0 Å². The summed E-state index contributed by atoms with van der Waals surface area (Å²) in [4.78, 5) is 10.8. The molecule has 24 heavy (non-hydrogen) atoms. The highest BCUT2D eigenvalue weighted by Crippen LogP contribution is 2.49. The zero-order valence-corrected chi connectivity index (χ0v) is 14.9. The zero-order valence-electron chi connectivity index (χ0n) is 14.1. The summed E-state index contributed by atoms with van der Waals surface area (Å²) in [6.07, 6.45) is 5.33. The average molecular weight is 346 g/mol. The van der Waals surface area contributed by atoms with Crippen LogP contribution in [0.25, 0.3) is 0 Å². The van der Waals surface area contributed by atoms with Gasteiger partial charge in [-0.25, -0.2) is 0 Å². The molecule has 3 rings (SSSR count). The van der Waals surface area contributed by atoms with E-state index >= 15 is 0 Å². The zero-order chi connectivity index (χ0) is 17.5. The number of ether oxygens (including phenoxy) is 1. The van der Waals surface area contributed by atoms with Crippen molar-refractivity contribution in [1.82, 2.24) is 0 Å². The van der Waals surface area contributed by atoms with Crippen LogP contribution in [0.15, 0.2) is 30.4 Å². The Labute approximate surface area is 147 Å². The number of allylic oxidation sites excluding steroid dienone is 2. The molecule has 0 fully saturated rings. The predicted octanol–water partition coefficient (Wildman–Crippen LogP) is 4.44. The second-order valence-electron chi connectivity index (χ2n) is 7.27. The van der Waals surface area contributed by atoms with Crippen LogP contribution in [-0.2, 0) is 4.74 Å². The second-order valence-corrected chi connectivity index (χ2v) is 7.85. The number of nitro groups is 1. The minimum absolute atomic E-state index is 0.117. The standard InChI is InChI=1S/C18H22N2O3S/c1-11(24)23-10-18(2,3)17-14-6-4-5-13(14)15-9-12(20(21)22)7-8-16(15)19-17/h4-5,7-9,13-14,17,19H,6,10H2,1-3H3. The number of fused-ring (bicyclic) bond motifs is 3. The van der Waals surface area contributed by atoms with E-state index in [9.17, 15) is 10.1 Å². The smallest absolute Gasteiger partial charge is 0.269 e. The number of rotatable bonds is 4. The minimum Gasteiger partial charge on any atom is -0.487 e. The van der Waals surface area contributed by atoms with Gasteiger partial charge in [0.25, 0.3) is 5.69 Å². The van der Waals surface area contributed by atoms with Crippen molar-refractivity contribution in [2.45, 2.75) is 39.2 Å². The van der Waals surface area contributed by atoms with E-state index in [1.54, 1.807) is 19.1 Å². The lowest BCUT2D eigenvalue weighted by molar-refractivity contribution is -0.384. The van der Waals surface area contributed by atoms with Gasteiger partial charge in [0.2, 0.25) is 0 Å². The van der Waals surface area contributed by atoms with E-state index in [2.05, 4.69) is 31.3 Å². The first-order valence-corrected chi connectivity index (χ1v) is 8.55. The van der Waals surface area contributed by atoms with Crippen molar-refractivity contribution in [2.24, 2.45) is 11.3 Å². The lowest BCUT2D eigenvalue weighted by atomic mass is 9.69. The third kappa shape index (κ3) is 3.02. The number of nitrogens with one attached hydrogen (secondary N) is 1. The topological polar surface area (TPSA) is 64.4 Å². The number of non-ortho nitro benzene ring substituents is 1. The number of thiocarbonyl (C=S) groups is 1. The quantitative estimate of drug-likeness (QED) is 0.378. The molecule has 0 aromatic heterocycles. The fourth-order valence-electron chi connectivity index (χ4n) is 3.85. The third-order valence-electron chi connectivity index (χ3n) is 5.05. The molecule has 1 aromatic rings. The van der Waals surface area contributed by atoms with Gasteiger partial charge in [-0.1, -0.05) is 26.0 Å². The maximum atomic E-state index is 11.1. The third-order valence-corrected chi connectivity index (χ3v) is 5.16. The van der Waals surface area contributed by atoms with Crippen LogP contribution in [0.4, 0.5) is 11.4 Å². The summed E-state index contributed by atoms with van der Waals surface area (Å²) in [7, 11) is 0. The fraction of sp³-hybridized carbons (Fsp3) is 0.500. The van der Waals surface area contributed by atoms with Crippen LogP contribution in [0.3, 0.4) is 0 Å². The van der Waals surface area contributed by atoms with E-state index in [-0.39, 0.29) is 28.0 Å². The molecule has 1 N–H and O–H groups in total. The first-order chi connectivity index (χ1) is 11.3. The lowest BCUT2D eigenvalue weighted by Gasteiger charge is -2.45. The molecule has 0 bridgehead atoms. The average Bonchev–Trinajstić information content (AvgIpc) is 3.01. The van der Waals surface area contributed by atoms with E-state index in [1.807, 2.05) is 6.07 Å². The second kappa shape index (κ2) is 6.16. The summed E-state index contributed by atoms with van der Waals surface area (Å²) in [5, 5.41) is 15.3. The Kier molecular flexibility index (Phi) is 4.34. The van der Waals surface area contributed by atoms with Crippen molar-refractivity contribution in [2.75, 3.05) is 11.9 Å². The number of benzene rings is 1. The van der Waals surface area contributed by atoms with Crippen LogP contribution in [0, 0.1) is 21.4 Å². The number of anilines is 1. The monoisotopic (exact) mass is 346 g/mol. The molecule has 0 amide bonds. The summed E-state index contributed by atoms with van der Waals surface area (Å²) in [5.74, 6) is 0.572. The van der Waals surface area contributed by atoms with Gasteiger partial charge in [-0.2, -0.15) is 0 Å². The highest BCUT2D eigenvalue weighted by molar-refractivity contribution is 7.80. The van der Waals surface area contributed by atoms with E-state index in [4.69, 9.17) is 17.0 Å². The van der Waals surface area contributed by atoms with Crippen LogP contribution in [-0.4, -0.2) is 22.6 Å². The molecule has 3 unspecified atom stereocenters. The number of hydrogen-bond acceptors (Lipinski definition) is 5. The van der Waals surface area contributed by atoms with Crippen molar-refractivity contribution >= 4 is 28.6 Å². The maximum absolute atomic E-state index is 11.1. The van der Waals surface area contributed by atoms with Crippen LogP contribution in [0.2, 0.25) is 0 Å². The summed E-state index contributed by atoms with van der Waals surface area (Å²) in [5.41, 5.74) is 2.02. The molecule has 5 nitrogen and oxygen atoms in total. The Morgan fingerprint density at radius 1 is 1.50 bits per heavy atom. The van der Waals surface area contributed by atoms with E-state index in [1.165, 1.54) is 0 Å². The molecule has 0 spiro atoms. The number of nitrogens with zero attached hydrogens (tertiary/aromatic N) is 1. The summed E-state index contributed by atoms with van der Waals surface area (Å²) in [6.45, 7) is 6.68. The number of hydrogen-bond donors (Lipinski definition) is 1. The lowest BCUT2D eigenvalue weighted by Crippen LogP contribution is -2.48. The van der Waals surface area contributed by atoms with Gasteiger partial charge in [0, 0.05) is 42.1 Å². The minimum atomic E-state index is -0.333. The van der Waals surface area contributed by atoms with Crippen LogP contribution in [0.5, 0.6) is 0 Å². The predicted molar refractivity (Wildman–Crippen MR) is 98.5 cm³/mol. The van der Waals surface area contributed by atoms with Crippen molar-refractivity contribution in [3.8, 4) is 0 Å². The summed E-state index contributed by atoms with van der Waals surface area (Å²) in [6, 6.07) is 5.30. The van der Waals surface area contributed by atoms with Gasteiger partial charge in [-0.3, -0.25) is 10.1 Å². The first-order valence-electron chi connectivity index (χ1n) is 8.14. The molecular formula is C18H22N2O3S. The highest BCUT2D eigenvalue weighted by atomic mass is 32.1. The Balaban J connectivity index is 1.93. The fourth-order valence-corrected chi connectivity index (χ4v) is 3.91. The SMILES string of the molecule is CC(=S)OCC(C)(C)C1Nc2ccc([N+](=O)[O-])cc2C2C=CCC21. The normalized spacial score (nSPS) is 24.7. The van der Waals surface area contributed by atoms with Crippen LogP contribution in [0.1, 0.15) is 38.7 Å². The van der Waals surface area contributed by atoms with Crippen LogP contribution < -0.4 is 5.32 Å². The Morgan fingerprint density at radius 3 is 2.92 bits per heavy atom. The molecule has 0 radical (unpaired) electrons. The van der Waals surface area contributed by atoms with Crippen molar-refractivity contribution in [3.05, 3.63) is 46.0 Å². The Hall–Kier alpha value is -1.95. The summed E-state index contributed by atoms with van der Waals surface area (Å²) >= 11 is 5.04. The highest BCUT2D eigenvalue weighted by Gasteiger charge is 2.45. The molecule has 0 saturated carbocycles. The molecule has 1 aliphatic carbocycles. The van der Waals surface area contributed by atoms with Crippen molar-refractivity contribution in [1.29, 1.82) is 0 Å². The Morgan fingerprint density at radius 2 is 2.25 bits per heavy atom. The maximum Gasteiger partial charge on any atom is 0.269 e. The van der Waals surface area contributed by atoms with E-state index in [0.717, 1.165) is 17.7 Å². The molecule has 1 heterocycles.